The summed E-state index contributed by atoms with van der Waals surface area (Å²) >= 11 is 0. The summed E-state index contributed by atoms with van der Waals surface area (Å²) in [5, 5.41) is 8.89. The van der Waals surface area contributed by atoms with Crippen LogP contribution in [0.4, 0.5) is 0 Å². The number of rotatable bonds is 44. The third kappa shape index (κ3) is 39.2. The molecule has 0 rings (SSSR count). The monoisotopic (exact) mass is 792 g/mol. The zero-order valence-corrected chi connectivity index (χ0v) is 36.0. The maximum absolute atomic E-state index is 12.6. The van der Waals surface area contributed by atoms with Gasteiger partial charge in [0.25, 0.3) is 0 Å². The lowest BCUT2D eigenvalue weighted by Crippen LogP contribution is -2.34. The van der Waals surface area contributed by atoms with Gasteiger partial charge in [0.05, 0.1) is 19.8 Å². The predicted octanol–water partition coefficient (Wildman–Crippen LogP) is 12.4. The maximum Gasteiger partial charge on any atom is 0.472 e. The van der Waals surface area contributed by atoms with Gasteiger partial charge in [-0.3, -0.25) is 18.6 Å². The lowest BCUT2D eigenvalue weighted by molar-refractivity contribution is -0.154. The molecule has 0 spiro atoms. The Bertz CT molecular complexity index is 878. The number of carboxylic acid groups (broad SMARTS) is 1. The molecular formula is C43H86NO9P. The van der Waals surface area contributed by atoms with E-state index < -0.39 is 45.1 Å². The summed E-state index contributed by atoms with van der Waals surface area (Å²) in [4.78, 5) is 33.5. The van der Waals surface area contributed by atoms with Gasteiger partial charge in [-0.2, -0.15) is 0 Å². The summed E-state index contributed by atoms with van der Waals surface area (Å²) < 4.78 is 33.4. The molecule has 0 bridgehead atoms. The number of hydrogen-bond acceptors (Lipinski definition) is 8. The highest BCUT2D eigenvalue weighted by Crippen LogP contribution is 2.43. The van der Waals surface area contributed by atoms with Gasteiger partial charge >= 0.3 is 19.8 Å². The van der Waals surface area contributed by atoms with Crippen molar-refractivity contribution in [1.82, 2.24) is 0 Å². The van der Waals surface area contributed by atoms with Crippen molar-refractivity contribution in [1.29, 1.82) is 0 Å². The quantitative estimate of drug-likeness (QED) is 0.0308. The van der Waals surface area contributed by atoms with E-state index in [0.29, 0.717) is 6.61 Å². The molecule has 0 radical (unpaired) electrons. The van der Waals surface area contributed by atoms with Crippen LogP contribution in [-0.2, 0) is 32.7 Å². The second kappa shape index (κ2) is 40.2. The molecule has 0 saturated carbocycles. The summed E-state index contributed by atoms with van der Waals surface area (Å²) in [7, 11) is -4.61. The van der Waals surface area contributed by atoms with E-state index in [1.54, 1.807) is 0 Å². The van der Waals surface area contributed by atoms with Crippen molar-refractivity contribution in [2.75, 3.05) is 26.4 Å². The van der Waals surface area contributed by atoms with Crippen LogP contribution in [0.2, 0.25) is 0 Å². The van der Waals surface area contributed by atoms with Crippen LogP contribution in [0.15, 0.2) is 0 Å². The number of esters is 1. The van der Waals surface area contributed by atoms with Gasteiger partial charge in [-0.05, 0) is 12.8 Å². The second-order valence-corrected chi connectivity index (χ2v) is 17.0. The van der Waals surface area contributed by atoms with Crippen LogP contribution >= 0.6 is 7.82 Å². The number of nitrogens with two attached hydrogens (primary N) is 1. The van der Waals surface area contributed by atoms with Gasteiger partial charge in [-0.25, -0.2) is 4.57 Å². The molecule has 0 saturated heterocycles. The van der Waals surface area contributed by atoms with E-state index in [9.17, 15) is 19.0 Å². The molecule has 322 valence electrons. The molecule has 0 amide bonds. The summed E-state index contributed by atoms with van der Waals surface area (Å²) in [5.74, 6) is -1.76. The molecule has 3 unspecified atom stereocenters. The topological polar surface area (TPSA) is 155 Å². The minimum Gasteiger partial charge on any atom is -0.480 e. The van der Waals surface area contributed by atoms with Gasteiger partial charge in [0.2, 0.25) is 0 Å². The van der Waals surface area contributed by atoms with Crippen molar-refractivity contribution in [3.8, 4) is 0 Å². The van der Waals surface area contributed by atoms with Crippen LogP contribution in [0.5, 0.6) is 0 Å². The van der Waals surface area contributed by atoms with E-state index in [2.05, 4.69) is 13.8 Å². The fraction of sp³-hybridized carbons (Fsp3) is 0.953. The molecule has 0 aromatic carbocycles. The van der Waals surface area contributed by atoms with Crippen molar-refractivity contribution < 1.29 is 42.7 Å². The van der Waals surface area contributed by atoms with E-state index in [-0.39, 0.29) is 13.0 Å². The van der Waals surface area contributed by atoms with Gasteiger partial charge in [0.15, 0.2) is 0 Å². The first-order valence-corrected chi connectivity index (χ1v) is 24.1. The van der Waals surface area contributed by atoms with E-state index in [4.69, 9.17) is 29.4 Å². The van der Waals surface area contributed by atoms with Gasteiger partial charge in [-0.1, -0.05) is 206 Å². The van der Waals surface area contributed by atoms with Crippen LogP contribution in [-0.4, -0.2) is 60.5 Å². The SMILES string of the molecule is CCCCCCCCCCCCCCCCCCCCCC(=O)OC(COCCCCCCCCCCCCCCC)COP(=O)(O)OCC(N)C(=O)O. The van der Waals surface area contributed by atoms with Crippen LogP contribution < -0.4 is 5.73 Å². The molecule has 11 heteroatoms. The number of ether oxygens (including phenoxy) is 2. The minimum absolute atomic E-state index is 0.0256. The number of phosphoric ester groups is 1. The fourth-order valence-corrected chi connectivity index (χ4v) is 7.38. The summed E-state index contributed by atoms with van der Waals surface area (Å²) in [6, 6.07) is -1.47. The standard InChI is InChI=1S/C43H86NO9P/c1-3-5-7-9-11-13-15-17-18-19-20-21-22-23-25-27-29-31-33-35-42(45)53-40(38-51-54(48,49)52-39-41(44)43(46)47)37-50-36-34-32-30-28-26-24-16-14-12-10-8-6-4-2/h40-41H,3-39,44H2,1-2H3,(H,46,47)(H,48,49). The van der Waals surface area contributed by atoms with Crippen LogP contribution in [0.1, 0.15) is 226 Å². The summed E-state index contributed by atoms with van der Waals surface area (Å²) in [6.45, 7) is 3.93. The Balaban J connectivity index is 4.14. The Kier molecular flexibility index (Phi) is 39.4. The Morgan fingerprint density at radius 3 is 1.22 bits per heavy atom. The number of hydrogen-bond donors (Lipinski definition) is 3. The van der Waals surface area contributed by atoms with Crippen molar-refractivity contribution in [3.05, 3.63) is 0 Å². The van der Waals surface area contributed by atoms with E-state index in [1.165, 1.54) is 167 Å². The van der Waals surface area contributed by atoms with Gasteiger partial charge in [0.1, 0.15) is 12.1 Å². The smallest absolute Gasteiger partial charge is 0.472 e. The highest BCUT2D eigenvalue weighted by molar-refractivity contribution is 7.47. The van der Waals surface area contributed by atoms with Crippen molar-refractivity contribution in [3.63, 3.8) is 0 Å². The summed E-state index contributed by atoms with van der Waals surface area (Å²) in [6.07, 6.45) is 40.1. The highest BCUT2D eigenvalue weighted by Gasteiger charge is 2.27. The first-order chi connectivity index (χ1) is 26.2. The molecule has 0 aliphatic carbocycles. The molecule has 4 N–H and O–H groups in total. The van der Waals surface area contributed by atoms with E-state index in [0.717, 1.165) is 38.5 Å². The molecule has 0 fully saturated rings. The van der Waals surface area contributed by atoms with Crippen LogP contribution in [0.25, 0.3) is 0 Å². The third-order valence-corrected chi connectivity index (χ3v) is 11.1. The lowest BCUT2D eigenvalue weighted by atomic mass is 10.0. The maximum atomic E-state index is 12.6. The third-order valence-electron chi connectivity index (χ3n) is 10.1. The second-order valence-electron chi connectivity index (χ2n) is 15.5. The van der Waals surface area contributed by atoms with Gasteiger partial charge in [-0.15, -0.1) is 0 Å². The Morgan fingerprint density at radius 2 is 0.852 bits per heavy atom. The number of carbonyl (C=O) groups excluding carboxylic acids is 1. The van der Waals surface area contributed by atoms with Gasteiger partial charge < -0.3 is 25.2 Å². The number of unbranched alkanes of at least 4 members (excludes halogenated alkanes) is 30. The number of carboxylic acids is 1. The van der Waals surface area contributed by atoms with Crippen molar-refractivity contribution in [2.24, 2.45) is 5.73 Å². The Morgan fingerprint density at radius 1 is 0.519 bits per heavy atom. The molecular weight excluding hydrogens is 705 g/mol. The van der Waals surface area contributed by atoms with Crippen LogP contribution in [0, 0.1) is 0 Å². The number of aliphatic carboxylic acids is 1. The molecule has 3 atom stereocenters. The minimum atomic E-state index is -4.61. The predicted molar refractivity (Wildman–Crippen MR) is 222 cm³/mol. The first-order valence-electron chi connectivity index (χ1n) is 22.6. The zero-order chi connectivity index (χ0) is 39.8. The normalized spacial score (nSPS) is 13.9. The average Bonchev–Trinajstić information content (AvgIpc) is 3.15. The number of carbonyl (C=O) groups is 2. The zero-order valence-electron chi connectivity index (χ0n) is 35.1. The average molecular weight is 792 g/mol. The highest BCUT2D eigenvalue weighted by atomic mass is 31.2. The lowest BCUT2D eigenvalue weighted by Gasteiger charge is -2.20. The first kappa shape index (κ1) is 53.0. The largest absolute Gasteiger partial charge is 0.480 e. The molecule has 0 heterocycles. The molecule has 0 aromatic heterocycles. The van der Waals surface area contributed by atoms with Crippen LogP contribution in [0.3, 0.4) is 0 Å². The number of phosphoric acid groups is 1. The van der Waals surface area contributed by atoms with Crippen molar-refractivity contribution >= 4 is 19.8 Å². The fourth-order valence-electron chi connectivity index (χ4n) is 6.61. The molecule has 0 aliphatic rings. The van der Waals surface area contributed by atoms with Gasteiger partial charge in [0, 0.05) is 13.0 Å². The molecule has 54 heavy (non-hydrogen) atoms. The molecule has 10 nitrogen and oxygen atoms in total. The van der Waals surface area contributed by atoms with E-state index >= 15 is 0 Å². The summed E-state index contributed by atoms with van der Waals surface area (Å²) in [5.41, 5.74) is 5.36. The molecule has 0 aliphatic heterocycles. The Hall–Kier alpha value is -1.03. The molecule has 0 aromatic rings. The van der Waals surface area contributed by atoms with E-state index in [1.807, 2.05) is 0 Å². The Labute approximate surface area is 331 Å². The van der Waals surface area contributed by atoms with Crippen molar-refractivity contribution in [2.45, 2.75) is 238 Å².